The fraction of sp³-hybridized carbons (Fsp3) is 0.308. The monoisotopic (exact) mass is 215 g/mol. The van der Waals surface area contributed by atoms with Gasteiger partial charge in [0.15, 0.2) is 0 Å². The number of rotatable bonds is 3. The molecule has 1 atom stereocenters. The van der Waals surface area contributed by atoms with Gasteiger partial charge in [-0.05, 0) is 16.7 Å². The van der Waals surface area contributed by atoms with Crippen molar-refractivity contribution in [1.29, 1.82) is 0 Å². The number of hydrogen-bond acceptors (Lipinski definition) is 2. The van der Waals surface area contributed by atoms with Crippen molar-refractivity contribution in [3.8, 4) is 0 Å². The highest BCUT2D eigenvalue weighted by Gasteiger charge is 2.12. The summed E-state index contributed by atoms with van der Waals surface area (Å²) in [6.45, 7) is 2.77. The lowest BCUT2D eigenvalue weighted by atomic mass is 9.91. The molecule has 1 unspecified atom stereocenters. The molecular formula is C13H17N3. The maximum absolute atomic E-state index is 5.75. The normalized spacial score (nSPS) is 12.7. The average Bonchev–Trinajstić information content (AvgIpc) is 2.75. The maximum atomic E-state index is 5.75. The molecule has 1 heterocycles. The van der Waals surface area contributed by atoms with Crippen LogP contribution in [0.3, 0.4) is 0 Å². The average molecular weight is 215 g/mol. The summed E-state index contributed by atoms with van der Waals surface area (Å²) in [6, 6.07) is 8.31. The van der Waals surface area contributed by atoms with E-state index in [1.807, 2.05) is 24.0 Å². The third-order valence-corrected chi connectivity index (χ3v) is 2.97. The van der Waals surface area contributed by atoms with Crippen molar-refractivity contribution in [1.82, 2.24) is 9.78 Å². The molecule has 0 saturated heterocycles. The fourth-order valence-electron chi connectivity index (χ4n) is 1.99. The Bertz CT molecular complexity index is 474. The van der Waals surface area contributed by atoms with Crippen molar-refractivity contribution < 1.29 is 0 Å². The first-order valence-electron chi connectivity index (χ1n) is 5.48. The second-order valence-electron chi connectivity index (χ2n) is 4.07. The van der Waals surface area contributed by atoms with Gasteiger partial charge in [0.25, 0.3) is 0 Å². The molecule has 1 aromatic carbocycles. The minimum atomic E-state index is 0.341. The molecule has 3 heteroatoms. The lowest BCUT2D eigenvalue weighted by Gasteiger charge is -2.13. The Balaban J connectivity index is 2.36. The Morgan fingerprint density at radius 3 is 2.75 bits per heavy atom. The lowest BCUT2D eigenvalue weighted by molar-refractivity contribution is 0.765. The quantitative estimate of drug-likeness (QED) is 0.851. The summed E-state index contributed by atoms with van der Waals surface area (Å²) in [5.74, 6) is 0.341. The van der Waals surface area contributed by atoms with Crippen LogP contribution in [0.15, 0.2) is 36.7 Å². The zero-order valence-corrected chi connectivity index (χ0v) is 9.72. The van der Waals surface area contributed by atoms with Gasteiger partial charge < -0.3 is 5.73 Å². The van der Waals surface area contributed by atoms with E-state index in [1.165, 1.54) is 16.7 Å². The van der Waals surface area contributed by atoms with Crippen LogP contribution in [0.2, 0.25) is 0 Å². The van der Waals surface area contributed by atoms with Crippen LogP contribution in [-0.4, -0.2) is 9.78 Å². The molecule has 1 aromatic heterocycles. The van der Waals surface area contributed by atoms with E-state index in [0.29, 0.717) is 12.5 Å². The predicted molar refractivity (Wildman–Crippen MR) is 65.1 cm³/mol. The topological polar surface area (TPSA) is 43.8 Å². The van der Waals surface area contributed by atoms with Gasteiger partial charge >= 0.3 is 0 Å². The zero-order chi connectivity index (χ0) is 11.5. The van der Waals surface area contributed by atoms with Gasteiger partial charge in [-0.2, -0.15) is 5.10 Å². The number of hydrogen-bond donors (Lipinski definition) is 1. The number of benzene rings is 1. The third kappa shape index (κ3) is 1.99. The van der Waals surface area contributed by atoms with E-state index in [4.69, 9.17) is 5.73 Å². The van der Waals surface area contributed by atoms with E-state index in [2.05, 4.69) is 36.4 Å². The molecular weight excluding hydrogens is 198 g/mol. The summed E-state index contributed by atoms with van der Waals surface area (Å²) in [7, 11) is 1.94. The van der Waals surface area contributed by atoms with Crippen LogP contribution in [-0.2, 0) is 13.6 Å². The van der Waals surface area contributed by atoms with E-state index < -0.39 is 0 Å². The van der Waals surface area contributed by atoms with Crippen molar-refractivity contribution in [3.63, 3.8) is 0 Å². The third-order valence-electron chi connectivity index (χ3n) is 2.97. The van der Waals surface area contributed by atoms with Crippen LogP contribution >= 0.6 is 0 Å². The minimum Gasteiger partial charge on any atom is -0.326 e. The van der Waals surface area contributed by atoms with Gasteiger partial charge in [0, 0.05) is 25.7 Å². The largest absolute Gasteiger partial charge is 0.326 e. The zero-order valence-electron chi connectivity index (χ0n) is 9.72. The molecule has 0 fully saturated rings. The van der Waals surface area contributed by atoms with Crippen LogP contribution in [0, 0.1) is 0 Å². The Morgan fingerprint density at radius 2 is 2.12 bits per heavy atom. The Kier molecular flexibility index (Phi) is 3.06. The second-order valence-corrected chi connectivity index (χ2v) is 4.07. The Hall–Kier alpha value is -1.61. The van der Waals surface area contributed by atoms with Crippen LogP contribution in [0.5, 0.6) is 0 Å². The van der Waals surface area contributed by atoms with E-state index >= 15 is 0 Å². The van der Waals surface area contributed by atoms with Crippen molar-refractivity contribution in [2.24, 2.45) is 12.8 Å². The van der Waals surface area contributed by atoms with Gasteiger partial charge in [-0.1, -0.05) is 31.2 Å². The summed E-state index contributed by atoms with van der Waals surface area (Å²) in [4.78, 5) is 0. The first kappa shape index (κ1) is 10.9. The van der Waals surface area contributed by atoms with E-state index in [9.17, 15) is 0 Å². The number of aryl methyl sites for hydroxylation is 1. The maximum Gasteiger partial charge on any atom is 0.0527 e. The molecule has 0 saturated carbocycles. The van der Waals surface area contributed by atoms with Gasteiger partial charge in [-0.3, -0.25) is 4.68 Å². The smallest absolute Gasteiger partial charge is 0.0527 e. The van der Waals surface area contributed by atoms with Gasteiger partial charge in [-0.15, -0.1) is 0 Å². The SMILES string of the molecule is CC(c1cnn(C)c1)c1ccccc1CN. The molecule has 0 bridgehead atoms. The molecule has 0 radical (unpaired) electrons. The molecule has 2 aromatic rings. The number of aromatic nitrogens is 2. The summed E-state index contributed by atoms with van der Waals surface area (Å²) in [6.07, 6.45) is 3.97. The molecule has 2 rings (SSSR count). The van der Waals surface area contributed by atoms with Crippen LogP contribution in [0.4, 0.5) is 0 Å². The predicted octanol–water partition coefficient (Wildman–Crippen LogP) is 2.03. The second kappa shape index (κ2) is 4.49. The van der Waals surface area contributed by atoms with Gasteiger partial charge in [0.2, 0.25) is 0 Å². The Labute approximate surface area is 95.9 Å². The number of nitrogens with two attached hydrogens (primary N) is 1. The van der Waals surface area contributed by atoms with Crippen molar-refractivity contribution in [2.45, 2.75) is 19.4 Å². The summed E-state index contributed by atoms with van der Waals surface area (Å²) >= 11 is 0. The highest BCUT2D eigenvalue weighted by Crippen LogP contribution is 2.26. The van der Waals surface area contributed by atoms with Gasteiger partial charge in [-0.25, -0.2) is 0 Å². The molecule has 16 heavy (non-hydrogen) atoms. The van der Waals surface area contributed by atoms with Crippen LogP contribution in [0.1, 0.15) is 29.5 Å². The number of nitrogens with zero attached hydrogens (tertiary/aromatic N) is 2. The fourth-order valence-corrected chi connectivity index (χ4v) is 1.99. The Morgan fingerprint density at radius 1 is 1.38 bits per heavy atom. The molecule has 2 N–H and O–H groups in total. The molecule has 84 valence electrons. The minimum absolute atomic E-state index is 0.341. The summed E-state index contributed by atoms with van der Waals surface area (Å²) < 4.78 is 1.83. The van der Waals surface area contributed by atoms with Crippen molar-refractivity contribution >= 4 is 0 Å². The highest BCUT2D eigenvalue weighted by molar-refractivity contribution is 5.35. The first-order chi connectivity index (χ1) is 7.72. The van der Waals surface area contributed by atoms with Crippen LogP contribution < -0.4 is 5.73 Å². The highest BCUT2D eigenvalue weighted by atomic mass is 15.2. The van der Waals surface area contributed by atoms with E-state index in [0.717, 1.165) is 0 Å². The van der Waals surface area contributed by atoms with Gasteiger partial charge in [0.05, 0.1) is 6.20 Å². The van der Waals surface area contributed by atoms with E-state index in [-0.39, 0.29) is 0 Å². The summed E-state index contributed by atoms with van der Waals surface area (Å²) in [5, 5.41) is 4.20. The van der Waals surface area contributed by atoms with Crippen molar-refractivity contribution in [2.75, 3.05) is 0 Å². The standard InChI is InChI=1S/C13H17N3/c1-10(12-8-15-16(2)9-12)13-6-4-3-5-11(13)7-14/h3-6,8-10H,7,14H2,1-2H3. The lowest BCUT2D eigenvalue weighted by Crippen LogP contribution is -2.04. The van der Waals surface area contributed by atoms with E-state index in [1.54, 1.807) is 0 Å². The van der Waals surface area contributed by atoms with Gasteiger partial charge in [0.1, 0.15) is 0 Å². The first-order valence-corrected chi connectivity index (χ1v) is 5.48. The molecule has 0 aliphatic carbocycles. The van der Waals surface area contributed by atoms with Crippen molar-refractivity contribution in [3.05, 3.63) is 53.3 Å². The van der Waals surface area contributed by atoms with Crippen LogP contribution in [0.25, 0.3) is 0 Å². The summed E-state index contributed by atoms with van der Waals surface area (Å²) in [5.41, 5.74) is 9.47. The molecule has 0 aliphatic rings. The molecule has 3 nitrogen and oxygen atoms in total. The molecule has 0 spiro atoms. The molecule has 0 aliphatic heterocycles. The molecule has 0 amide bonds.